The number of aromatic nitrogens is 1. The Balaban J connectivity index is 2.38. The van der Waals surface area contributed by atoms with Crippen LogP contribution in [0.15, 0.2) is 18.2 Å². The summed E-state index contributed by atoms with van der Waals surface area (Å²) < 4.78 is 10.2. The third-order valence-electron chi connectivity index (χ3n) is 1.61. The van der Waals surface area contributed by atoms with Crippen molar-refractivity contribution in [2.24, 2.45) is 0 Å². The van der Waals surface area contributed by atoms with Crippen molar-refractivity contribution in [3.63, 3.8) is 0 Å². The Kier molecular flexibility index (Phi) is 4.64. The van der Waals surface area contributed by atoms with Crippen LogP contribution in [0.4, 0.5) is 0 Å². The highest BCUT2D eigenvalue weighted by molar-refractivity contribution is 5.71. The van der Waals surface area contributed by atoms with Gasteiger partial charge in [-0.3, -0.25) is 4.79 Å². The van der Waals surface area contributed by atoms with Gasteiger partial charge < -0.3 is 9.47 Å². The Labute approximate surface area is 82.9 Å². The quantitative estimate of drug-likeness (QED) is 0.507. The zero-order chi connectivity index (χ0) is 10.2. The first-order valence-corrected chi connectivity index (χ1v) is 4.41. The molecule has 1 aromatic rings. The predicted molar refractivity (Wildman–Crippen MR) is 51.6 cm³/mol. The Bertz CT molecular complexity index is 288. The molecule has 0 saturated heterocycles. The minimum Gasteiger partial charge on any atom is -0.478 e. The molecule has 1 aromatic heterocycles. The van der Waals surface area contributed by atoms with Crippen LogP contribution in [-0.2, 0) is 4.74 Å². The van der Waals surface area contributed by atoms with Gasteiger partial charge in [0.2, 0.25) is 5.88 Å². The lowest BCUT2D eigenvalue weighted by molar-refractivity contribution is 0.111. The van der Waals surface area contributed by atoms with E-state index in [1.807, 2.05) is 0 Å². The zero-order valence-electron chi connectivity index (χ0n) is 8.10. The van der Waals surface area contributed by atoms with E-state index in [1.54, 1.807) is 25.3 Å². The summed E-state index contributed by atoms with van der Waals surface area (Å²) in [5, 5.41) is 0. The molecule has 0 amide bonds. The number of carbonyl (C=O) groups is 1. The summed E-state index contributed by atoms with van der Waals surface area (Å²) in [6, 6.07) is 5.09. The van der Waals surface area contributed by atoms with Gasteiger partial charge in [-0.15, -0.1) is 0 Å². The maximum Gasteiger partial charge on any atom is 0.213 e. The third-order valence-corrected chi connectivity index (χ3v) is 1.61. The number of nitrogens with zero attached hydrogens (tertiary/aromatic N) is 1. The Morgan fingerprint density at radius 2 is 2.29 bits per heavy atom. The summed E-state index contributed by atoms with van der Waals surface area (Å²) in [7, 11) is 1.64. The molecule has 0 aliphatic heterocycles. The van der Waals surface area contributed by atoms with E-state index in [0.29, 0.717) is 31.1 Å². The number of aldehydes is 1. The molecular weight excluding hydrogens is 182 g/mol. The highest BCUT2D eigenvalue weighted by Gasteiger charge is 1.96. The number of rotatable bonds is 6. The van der Waals surface area contributed by atoms with Crippen molar-refractivity contribution >= 4 is 6.29 Å². The molecule has 0 radical (unpaired) electrons. The van der Waals surface area contributed by atoms with Gasteiger partial charge in [-0.1, -0.05) is 6.07 Å². The highest BCUT2D eigenvalue weighted by atomic mass is 16.5. The number of hydrogen-bond donors (Lipinski definition) is 0. The molecule has 4 nitrogen and oxygen atoms in total. The molecule has 0 bridgehead atoms. The average molecular weight is 195 g/mol. The summed E-state index contributed by atoms with van der Waals surface area (Å²) in [6.45, 7) is 1.20. The Morgan fingerprint density at radius 1 is 1.43 bits per heavy atom. The lowest BCUT2D eigenvalue weighted by Crippen LogP contribution is -2.03. The van der Waals surface area contributed by atoms with Crippen LogP contribution < -0.4 is 4.74 Å². The van der Waals surface area contributed by atoms with Gasteiger partial charge in [0, 0.05) is 26.2 Å². The maximum atomic E-state index is 10.4. The first-order chi connectivity index (χ1) is 6.86. The second-order valence-corrected chi connectivity index (χ2v) is 2.71. The molecule has 1 rings (SSSR count). The van der Waals surface area contributed by atoms with Crippen LogP contribution in [0.25, 0.3) is 0 Å². The fraction of sp³-hybridized carbons (Fsp3) is 0.400. The van der Waals surface area contributed by atoms with Gasteiger partial charge in [-0.25, -0.2) is 4.98 Å². The summed E-state index contributed by atoms with van der Waals surface area (Å²) in [5.41, 5.74) is 0.384. The van der Waals surface area contributed by atoms with Crippen molar-refractivity contribution < 1.29 is 14.3 Å². The predicted octanol–water partition coefficient (Wildman–Crippen LogP) is 1.31. The van der Waals surface area contributed by atoms with E-state index in [-0.39, 0.29) is 0 Å². The first-order valence-electron chi connectivity index (χ1n) is 4.41. The molecule has 76 valence electrons. The largest absolute Gasteiger partial charge is 0.478 e. The van der Waals surface area contributed by atoms with Gasteiger partial charge in [0.15, 0.2) is 6.29 Å². The number of carbonyl (C=O) groups excluding carboxylic acids is 1. The molecule has 4 heteroatoms. The monoisotopic (exact) mass is 195 g/mol. The van der Waals surface area contributed by atoms with Crippen molar-refractivity contribution in [3.8, 4) is 5.88 Å². The zero-order valence-corrected chi connectivity index (χ0v) is 8.10. The highest BCUT2D eigenvalue weighted by Crippen LogP contribution is 2.06. The minimum absolute atomic E-state index is 0.384. The number of hydrogen-bond acceptors (Lipinski definition) is 4. The minimum atomic E-state index is 0.384. The molecule has 0 unspecified atom stereocenters. The maximum absolute atomic E-state index is 10.4. The van der Waals surface area contributed by atoms with Crippen molar-refractivity contribution in [3.05, 3.63) is 23.9 Å². The number of ether oxygens (including phenoxy) is 2. The average Bonchev–Trinajstić information content (AvgIpc) is 2.25. The lowest BCUT2D eigenvalue weighted by atomic mass is 10.4. The normalized spacial score (nSPS) is 9.79. The van der Waals surface area contributed by atoms with Gasteiger partial charge in [-0.05, 0) is 6.07 Å². The fourth-order valence-electron chi connectivity index (χ4n) is 0.957. The van der Waals surface area contributed by atoms with Crippen molar-refractivity contribution in [1.82, 2.24) is 4.98 Å². The second kappa shape index (κ2) is 6.10. The van der Waals surface area contributed by atoms with Crippen LogP contribution in [-0.4, -0.2) is 31.6 Å². The van der Waals surface area contributed by atoms with E-state index in [2.05, 4.69) is 4.98 Å². The smallest absolute Gasteiger partial charge is 0.213 e. The van der Waals surface area contributed by atoms with Crippen molar-refractivity contribution in [2.45, 2.75) is 6.42 Å². The summed E-state index contributed by atoms with van der Waals surface area (Å²) >= 11 is 0. The molecule has 0 N–H and O–H groups in total. The van der Waals surface area contributed by atoms with Gasteiger partial charge in [0.1, 0.15) is 5.69 Å². The number of methoxy groups -OCH3 is 1. The summed E-state index contributed by atoms with van der Waals surface area (Å²) in [5.74, 6) is 0.478. The van der Waals surface area contributed by atoms with Crippen LogP contribution >= 0.6 is 0 Å². The molecule has 0 fully saturated rings. The van der Waals surface area contributed by atoms with E-state index < -0.39 is 0 Å². The summed E-state index contributed by atoms with van der Waals surface area (Å²) in [6.07, 6.45) is 1.51. The van der Waals surface area contributed by atoms with Crippen LogP contribution in [0.1, 0.15) is 16.9 Å². The van der Waals surface area contributed by atoms with Crippen molar-refractivity contribution in [2.75, 3.05) is 20.3 Å². The SMILES string of the molecule is COCCCOc1cccc(C=O)n1. The topological polar surface area (TPSA) is 48.4 Å². The lowest BCUT2D eigenvalue weighted by Gasteiger charge is -2.04. The van der Waals surface area contributed by atoms with Gasteiger partial charge in [0.05, 0.1) is 6.61 Å². The van der Waals surface area contributed by atoms with Crippen LogP contribution in [0.3, 0.4) is 0 Å². The molecule has 0 aliphatic carbocycles. The standard InChI is InChI=1S/C10H13NO3/c1-13-6-3-7-14-10-5-2-4-9(8-12)11-10/h2,4-5,8H,3,6-7H2,1H3. The molecule has 0 aromatic carbocycles. The van der Waals surface area contributed by atoms with Crippen molar-refractivity contribution in [1.29, 1.82) is 0 Å². The van der Waals surface area contributed by atoms with Gasteiger partial charge in [0.25, 0.3) is 0 Å². The molecule has 0 atom stereocenters. The van der Waals surface area contributed by atoms with Crippen LogP contribution in [0.2, 0.25) is 0 Å². The van der Waals surface area contributed by atoms with E-state index in [4.69, 9.17) is 9.47 Å². The Morgan fingerprint density at radius 3 is 3.00 bits per heavy atom. The van der Waals surface area contributed by atoms with E-state index in [9.17, 15) is 4.79 Å². The van der Waals surface area contributed by atoms with Crippen LogP contribution in [0, 0.1) is 0 Å². The molecule has 1 heterocycles. The van der Waals surface area contributed by atoms with E-state index in [0.717, 1.165) is 6.42 Å². The second-order valence-electron chi connectivity index (χ2n) is 2.71. The summed E-state index contributed by atoms with van der Waals surface area (Å²) in [4.78, 5) is 14.4. The number of pyridine rings is 1. The van der Waals surface area contributed by atoms with Crippen LogP contribution in [0.5, 0.6) is 5.88 Å². The first kappa shape index (κ1) is 10.7. The molecule has 0 aliphatic rings. The molecule has 14 heavy (non-hydrogen) atoms. The molecule has 0 saturated carbocycles. The van der Waals surface area contributed by atoms with E-state index in [1.165, 1.54) is 0 Å². The van der Waals surface area contributed by atoms with Gasteiger partial charge >= 0.3 is 0 Å². The fourth-order valence-corrected chi connectivity index (χ4v) is 0.957. The molecule has 0 spiro atoms. The van der Waals surface area contributed by atoms with Gasteiger partial charge in [-0.2, -0.15) is 0 Å². The Hall–Kier alpha value is -1.42. The molecular formula is C10H13NO3. The van der Waals surface area contributed by atoms with E-state index >= 15 is 0 Å². The third kappa shape index (κ3) is 3.53.